The number of carbonyl (C=O) groups is 2. The van der Waals surface area contributed by atoms with Gasteiger partial charge in [0.2, 0.25) is 5.78 Å². The summed E-state index contributed by atoms with van der Waals surface area (Å²) in [6.07, 6.45) is 3.30. The molecule has 0 aliphatic carbocycles. The summed E-state index contributed by atoms with van der Waals surface area (Å²) in [6, 6.07) is 12.1. The van der Waals surface area contributed by atoms with Crippen molar-refractivity contribution in [1.82, 2.24) is 10.3 Å². The fraction of sp³-hybridized carbons (Fsp3) is 0.0714. The van der Waals surface area contributed by atoms with E-state index in [1.807, 2.05) is 6.07 Å². The van der Waals surface area contributed by atoms with Gasteiger partial charge in [0.15, 0.2) is 0 Å². The second kappa shape index (κ2) is 5.72. The number of hydrogen-bond donors (Lipinski definition) is 1. The van der Waals surface area contributed by atoms with Gasteiger partial charge in [-0.1, -0.05) is 36.4 Å². The molecule has 1 aromatic carbocycles. The lowest BCUT2D eigenvalue weighted by Crippen LogP contribution is -2.30. The highest BCUT2D eigenvalue weighted by atomic mass is 16.2. The minimum absolute atomic E-state index is 0.297. The molecule has 1 heterocycles. The molecule has 0 saturated heterocycles. The van der Waals surface area contributed by atoms with E-state index >= 15 is 0 Å². The Labute approximate surface area is 105 Å². The number of amides is 1. The van der Waals surface area contributed by atoms with Crippen molar-refractivity contribution in [3.63, 3.8) is 0 Å². The van der Waals surface area contributed by atoms with Gasteiger partial charge >= 0.3 is 0 Å². The van der Waals surface area contributed by atoms with E-state index in [4.69, 9.17) is 0 Å². The largest absolute Gasteiger partial charge is 0.345 e. The zero-order chi connectivity index (χ0) is 12.8. The highest BCUT2D eigenvalue weighted by molar-refractivity contribution is 6.42. The molecule has 0 saturated carbocycles. The molecule has 4 heteroatoms. The lowest BCUT2D eigenvalue weighted by atomic mass is 10.1. The summed E-state index contributed by atoms with van der Waals surface area (Å²) in [5, 5.41) is 2.57. The zero-order valence-electron chi connectivity index (χ0n) is 9.67. The topological polar surface area (TPSA) is 59.1 Å². The van der Waals surface area contributed by atoms with Gasteiger partial charge in [-0.3, -0.25) is 14.6 Å². The number of rotatable bonds is 4. The zero-order valence-corrected chi connectivity index (χ0v) is 9.67. The number of carbonyl (C=O) groups excluding carboxylic acids is 2. The fourth-order valence-electron chi connectivity index (χ4n) is 1.49. The molecule has 2 rings (SSSR count). The van der Waals surface area contributed by atoms with Crippen molar-refractivity contribution in [2.45, 2.75) is 6.54 Å². The molecule has 0 spiro atoms. The Hall–Kier alpha value is -2.49. The van der Waals surface area contributed by atoms with Crippen LogP contribution in [0.1, 0.15) is 15.9 Å². The molecule has 4 nitrogen and oxygen atoms in total. The highest BCUT2D eigenvalue weighted by Crippen LogP contribution is 2.00. The lowest BCUT2D eigenvalue weighted by molar-refractivity contribution is -0.117. The lowest BCUT2D eigenvalue weighted by Gasteiger charge is -2.04. The first-order valence-corrected chi connectivity index (χ1v) is 5.54. The van der Waals surface area contributed by atoms with E-state index < -0.39 is 11.7 Å². The van der Waals surface area contributed by atoms with Crippen LogP contribution in [-0.2, 0) is 11.3 Å². The Morgan fingerprint density at radius 3 is 2.50 bits per heavy atom. The van der Waals surface area contributed by atoms with Crippen LogP contribution in [0.5, 0.6) is 0 Å². The van der Waals surface area contributed by atoms with Crippen LogP contribution < -0.4 is 5.32 Å². The Balaban J connectivity index is 1.95. The summed E-state index contributed by atoms with van der Waals surface area (Å²) >= 11 is 0. The second-order valence-corrected chi connectivity index (χ2v) is 3.74. The van der Waals surface area contributed by atoms with E-state index in [9.17, 15) is 9.59 Å². The number of nitrogens with one attached hydrogen (secondary N) is 1. The van der Waals surface area contributed by atoms with Crippen molar-refractivity contribution in [2.24, 2.45) is 0 Å². The minimum Gasteiger partial charge on any atom is -0.345 e. The van der Waals surface area contributed by atoms with Crippen molar-refractivity contribution in [1.29, 1.82) is 0 Å². The molecule has 0 radical (unpaired) electrons. The van der Waals surface area contributed by atoms with Crippen LogP contribution in [0.15, 0.2) is 54.9 Å². The van der Waals surface area contributed by atoms with E-state index in [-0.39, 0.29) is 0 Å². The predicted octanol–water partition coefficient (Wildman–Crippen LogP) is 1.58. The summed E-state index contributed by atoms with van der Waals surface area (Å²) in [6.45, 7) is 0.297. The number of nitrogens with zero attached hydrogens (tertiary/aromatic N) is 1. The summed E-state index contributed by atoms with van der Waals surface area (Å²) in [7, 11) is 0. The number of aromatic nitrogens is 1. The van der Waals surface area contributed by atoms with Gasteiger partial charge in [-0.05, 0) is 11.6 Å². The average molecular weight is 240 g/mol. The Morgan fingerprint density at radius 1 is 1.06 bits per heavy atom. The van der Waals surface area contributed by atoms with Crippen LogP contribution in [0.3, 0.4) is 0 Å². The van der Waals surface area contributed by atoms with Gasteiger partial charge < -0.3 is 5.32 Å². The summed E-state index contributed by atoms with van der Waals surface area (Å²) in [4.78, 5) is 27.3. The van der Waals surface area contributed by atoms with Crippen molar-refractivity contribution >= 4 is 11.7 Å². The molecule has 0 aliphatic heterocycles. The van der Waals surface area contributed by atoms with E-state index in [1.165, 1.54) is 0 Å². The van der Waals surface area contributed by atoms with Gasteiger partial charge in [0.1, 0.15) is 0 Å². The molecular weight excluding hydrogens is 228 g/mol. The van der Waals surface area contributed by atoms with Crippen LogP contribution in [0, 0.1) is 0 Å². The maximum atomic E-state index is 11.7. The van der Waals surface area contributed by atoms with Gasteiger partial charge in [-0.25, -0.2) is 0 Å². The highest BCUT2D eigenvalue weighted by Gasteiger charge is 2.14. The third kappa shape index (κ3) is 3.01. The van der Waals surface area contributed by atoms with Crippen LogP contribution in [0.2, 0.25) is 0 Å². The minimum atomic E-state index is -0.606. The maximum absolute atomic E-state index is 11.7. The summed E-state index contributed by atoms with van der Waals surface area (Å²) < 4.78 is 0. The molecular formula is C14H12N2O2. The average Bonchev–Trinajstić information content (AvgIpc) is 2.46. The summed E-state index contributed by atoms with van der Waals surface area (Å²) in [5.41, 5.74) is 1.24. The first-order valence-electron chi connectivity index (χ1n) is 5.54. The third-order valence-electron chi connectivity index (χ3n) is 2.42. The number of hydrogen-bond acceptors (Lipinski definition) is 3. The van der Waals surface area contributed by atoms with E-state index in [1.54, 1.807) is 48.8 Å². The maximum Gasteiger partial charge on any atom is 0.292 e. The number of Topliss-reactive ketones (excluding diaryl/α,β-unsaturated/α-hetero) is 1. The number of benzene rings is 1. The van der Waals surface area contributed by atoms with Crippen molar-refractivity contribution in [3.8, 4) is 0 Å². The van der Waals surface area contributed by atoms with Crippen LogP contribution >= 0.6 is 0 Å². The Kier molecular flexibility index (Phi) is 3.81. The van der Waals surface area contributed by atoms with Crippen molar-refractivity contribution in [3.05, 3.63) is 66.0 Å². The van der Waals surface area contributed by atoms with Gasteiger partial charge in [0.25, 0.3) is 5.91 Å². The molecule has 0 aliphatic rings. The molecule has 0 atom stereocenters. The molecule has 1 aromatic heterocycles. The normalized spacial score (nSPS) is 9.78. The predicted molar refractivity (Wildman–Crippen MR) is 66.9 cm³/mol. The van der Waals surface area contributed by atoms with Crippen molar-refractivity contribution < 1.29 is 9.59 Å². The van der Waals surface area contributed by atoms with Crippen LogP contribution in [-0.4, -0.2) is 16.7 Å². The van der Waals surface area contributed by atoms with E-state index in [0.717, 1.165) is 5.56 Å². The molecule has 1 amide bonds. The first-order chi connectivity index (χ1) is 8.77. The van der Waals surface area contributed by atoms with Crippen LogP contribution in [0.25, 0.3) is 0 Å². The monoisotopic (exact) mass is 240 g/mol. The second-order valence-electron chi connectivity index (χ2n) is 3.74. The number of pyridine rings is 1. The summed E-state index contributed by atoms with van der Waals surface area (Å²) in [5.74, 6) is -1.13. The molecule has 90 valence electrons. The van der Waals surface area contributed by atoms with Gasteiger partial charge in [-0.2, -0.15) is 0 Å². The van der Waals surface area contributed by atoms with E-state index in [2.05, 4.69) is 10.3 Å². The smallest absolute Gasteiger partial charge is 0.292 e. The standard InChI is InChI=1S/C14H12N2O2/c17-13(12-6-2-1-3-7-12)14(18)16-10-11-5-4-8-15-9-11/h1-9H,10H2,(H,16,18). The molecule has 0 bridgehead atoms. The number of ketones is 1. The SMILES string of the molecule is O=C(NCc1cccnc1)C(=O)c1ccccc1. The van der Waals surface area contributed by atoms with E-state index in [0.29, 0.717) is 12.1 Å². The fourth-order valence-corrected chi connectivity index (χ4v) is 1.49. The van der Waals surface area contributed by atoms with Crippen LogP contribution in [0.4, 0.5) is 0 Å². The van der Waals surface area contributed by atoms with Gasteiger partial charge in [0, 0.05) is 24.5 Å². The molecule has 0 unspecified atom stereocenters. The molecule has 1 N–H and O–H groups in total. The first kappa shape index (κ1) is 12.0. The van der Waals surface area contributed by atoms with Crippen molar-refractivity contribution in [2.75, 3.05) is 0 Å². The quantitative estimate of drug-likeness (QED) is 0.652. The Morgan fingerprint density at radius 2 is 1.83 bits per heavy atom. The van der Waals surface area contributed by atoms with Gasteiger partial charge in [0.05, 0.1) is 0 Å². The third-order valence-corrected chi connectivity index (χ3v) is 2.42. The molecule has 2 aromatic rings. The Bertz CT molecular complexity index is 538. The molecule has 0 fully saturated rings. The molecule has 18 heavy (non-hydrogen) atoms. The van der Waals surface area contributed by atoms with Gasteiger partial charge in [-0.15, -0.1) is 0 Å².